The van der Waals surface area contributed by atoms with E-state index in [1.54, 1.807) is 6.07 Å². The summed E-state index contributed by atoms with van der Waals surface area (Å²) in [7, 11) is 0. The normalized spacial score (nSPS) is 11.0. The van der Waals surface area contributed by atoms with Crippen molar-refractivity contribution in [3.8, 4) is 5.69 Å². The summed E-state index contributed by atoms with van der Waals surface area (Å²) in [5.74, 6) is -0.349. The highest BCUT2D eigenvalue weighted by atomic mass is 32.2. The van der Waals surface area contributed by atoms with E-state index in [0.29, 0.717) is 21.9 Å². The summed E-state index contributed by atoms with van der Waals surface area (Å²) in [6.45, 7) is 1.88. The number of aryl methyl sites for hydroxylation is 1. The number of nitro benzene ring substituents is 1. The third-order valence-corrected chi connectivity index (χ3v) is 5.46. The van der Waals surface area contributed by atoms with Gasteiger partial charge in [-0.05, 0) is 18.6 Å². The van der Waals surface area contributed by atoms with E-state index in [1.165, 1.54) is 35.0 Å². The number of ketones is 1. The lowest BCUT2D eigenvalue weighted by Crippen LogP contribution is -2.22. The number of carbonyl (C=O) groups is 1. The summed E-state index contributed by atoms with van der Waals surface area (Å²) in [6.07, 6.45) is 1.42. The molecule has 0 aliphatic rings. The fourth-order valence-electron chi connectivity index (χ4n) is 3.00. The molecule has 1 N–H and O–H groups in total. The van der Waals surface area contributed by atoms with E-state index in [0.717, 1.165) is 17.3 Å². The molecule has 0 atom stereocenters. The Labute approximate surface area is 173 Å². The van der Waals surface area contributed by atoms with Crippen LogP contribution in [0.25, 0.3) is 16.7 Å². The monoisotopic (exact) mass is 421 g/mol. The van der Waals surface area contributed by atoms with Gasteiger partial charge in [0.15, 0.2) is 16.6 Å². The maximum atomic E-state index is 13.1. The average molecular weight is 421 g/mol. The molecule has 150 valence electrons. The van der Waals surface area contributed by atoms with Gasteiger partial charge in [-0.3, -0.25) is 29.4 Å². The molecule has 2 aromatic carbocycles. The van der Waals surface area contributed by atoms with Gasteiger partial charge in [-0.15, -0.1) is 0 Å². The number of hydrogen-bond acceptors (Lipinski definition) is 7. The molecule has 0 bridgehead atoms. The molecule has 30 heavy (non-hydrogen) atoms. The molecule has 2 aromatic heterocycles. The second-order valence-electron chi connectivity index (χ2n) is 6.47. The molecule has 0 amide bonds. The molecule has 0 aliphatic heterocycles. The van der Waals surface area contributed by atoms with Gasteiger partial charge in [-0.2, -0.15) is 5.10 Å². The van der Waals surface area contributed by atoms with Crippen LogP contribution in [0, 0.1) is 17.0 Å². The van der Waals surface area contributed by atoms with Crippen LogP contribution in [-0.4, -0.2) is 36.2 Å². The summed E-state index contributed by atoms with van der Waals surface area (Å²) >= 11 is 1.08. The second-order valence-corrected chi connectivity index (χ2v) is 7.42. The first-order valence-corrected chi connectivity index (χ1v) is 9.87. The van der Waals surface area contributed by atoms with Crippen LogP contribution in [0.4, 0.5) is 5.69 Å². The minimum Gasteiger partial charge on any atom is -0.293 e. The lowest BCUT2D eigenvalue weighted by atomic mass is 10.1. The summed E-state index contributed by atoms with van der Waals surface area (Å²) in [6, 6.07) is 12.9. The number of thioether (sulfide) groups is 1. The molecular formula is C20H15N5O4S. The molecule has 0 aliphatic carbocycles. The third-order valence-electron chi connectivity index (χ3n) is 4.52. The van der Waals surface area contributed by atoms with E-state index in [2.05, 4.69) is 15.2 Å². The highest BCUT2D eigenvalue weighted by Gasteiger charge is 2.18. The zero-order chi connectivity index (χ0) is 21.3. The molecule has 0 saturated heterocycles. The Bertz CT molecular complexity index is 1340. The van der Waals surface area contributed by atoms with Crippen molar-refractivity contribution in [3.05, 3.63) is 86.3 Å². The minimum absolute atomic E-state index is 0.0425. The van der Waals surface area contributed by atoms with Crippen molar-refractivity contribution in [2.24, 2.45) is 0 Å². The predicted octanol–water partition coefficient (Wildman–Crippen LogP) is 3.30. The molecule has 4 aromatic rings. The molecule has 0 spiro atoms. The number of hydrogen-bond donors (Lipinski definition) is 1. The van der Waals surface area contributed by atoms with E-state index >= 15 is 0 Å². The SMILES string of the molecule is Cc1ccccc1-n1c(SCC(=O)c2cccc([N+](=O)[O-])c2)nc2[nH]ncc2c1=O. The topological polar surface area (TPSA) is 124 Å². The first-order chi connectivity index (χ1) is 14.5. The number of nitro groups is 1. The number of rotatable bonds is 6. The molecule has 0 saturated carbocycles. The smallest absolute Gasteiger partial charge is 0.270 e. The molecule has 2 heterocycles. The van der Waals surface area contributed by atoms with Crippen LogP contribution in [0.3, 0.4) is 0 Å². The standard InChI is InChI=1S/C20H15N5O4S/c1-12-5-2-3-8-16(12)24-19(27)15-10-21-23-18(15)22-20(24)30-11-17(26)13-6-4-7-14(9-13)25(28)29/h2-10H,11H2,1H3,(H,21,23). The predicted molar refractivity (Wildman–Crippen MR) is 112 cm³/mol. The quantitative estimate of drug-likeness (QED) is 0.166. The molecule has 0 fully saturated rings. The number of nitrogens with one attached hydrogen (secondary N) is 1. The fourth-order valence-corrected chi connectivity index (χ4v) is 3.90. The van der Waals surface area contributed by atoms with Crippen LogP contribution in [0.1, 0.15) is 15.9 Å². The number of aromatic nitrogens is 4. The van der Waals surface area contributed by atoms with E-state index in [1.807, 2.05) is 25.1 Å². The summed E-state index contributed by atoms with van der Waals surface area (Å²) < 4.78 is 1.46. The van der Waals surface area contributed by atoms with Crippen LogP contribution in [0.5, 0.6) is 0 Å². The van der Waals surface area contributed by atoms with Crippen LogP contribution in [-0.2, 0) is 0 Å². The van der Waals surface area contributed by atoms with Crippen molar-refractivity contribution in [2.45, 2.75) is 12.1 Å². The molecule has 0 unspecified atom stereocenters. The highest BCUT2D eigenvalue weighted by Crippen LogP contribution is 2.24. The van der Waals surface area contributed by atoms with Gasteiger partial charge in [0.2, 0.25) is 0 Å². The number of para-hydroxylation sites is 1. The summed E-state index contributed by atoms with van der Waals surface area (Å²) in [5, 5.41) is 18.2. The number of aromatic amines is 1. The first kappa shape index (κ1) is 19.5. The lowest BCUT2D eigenvalue weighted by molar-refractivity contribution is -0.384. The first-order valence-electron chi connectivity index (χ1n) is 8.88. The Morgan fingerprint density at radius 1 is 1.23 bits per heavy atom. The Balaban J connectivity index is 1.72. The number of benzene rings is 2. The number of carbonyl (C=O) groups excluding carboxylic acids is 1. The van der Waals surface area contributed by atoms with E-state index in [4.69, 9.17) is 0 Å². The van der Waals surface area contributed by atoms with Gasteiger partial charge < -0.3 is 0 Å². The molecule has 4 rings (SSSR count). The Hall–Kier alpha value is -3.79. The number of fused-ring (bicyclic) bond motifs is 1. The van der Waals surface area contributed by atoms with Gasteiger partial charge in [0.25, 0.3) is 11.2 Å². The number of non-ortho nitro benzene ring substituents is 1. The Kier molecular flexibility index (Phi) is 5.15. The van der Waals surface area contributed by atoms with Crippen LogP contribution in [0.2, 0.25) is 0 Å². The number of nitrogens with zero attached hydrogens (tertiary/aromatic N) is 4. The molecule has 9 nitrogen and oxygen atoms in total. The van der Waals surface area contributed by atoms with Gasteiger partial charge in [0, 0.05) is 17.7 Å². The van der Waals surface area contributed by atoms with Gasteiger partial charge in [0.05, 0.1) is 22.6 Å². The van der Waals surface area contributed by atoms with Crippen molar-refractivity contribution in [2.75, 3.05) is 5.75 Å². The Morgan fingerprint density at radius 2 is 2.03 bits per heavy atom. The molecule has 0 radical (unpaired) electrons. The van der Waals surface area contributed by atoms with E-state index < -0.39 is 4.92 Å². The van der Waals surface area contributed by atoms with Crippen LogP contribution in [0.15, 0.2) is 64.7 Å². The highest BCUT2D eigenvalue weighted by molar-refractivity contribution is 7.99. The van der Waals surface area contributed by atoms with Crippen LogP contribution < -0.4 is 5.56 Å². The largest absolute Gasteiger partial charge is 0.293 e. The van der Waals surface area contributed by atoms with Crippen LogP contribution >= 0.6 is 11.8 Å². The maximum Gasteiger partial charge on any atom is 0.270 e. The summed E-state index contributed by atoms with van der Waals surface area (Å²) in [5.41, 5.74) is 1.63. The van der Waals surface area contributed by atoms with Crippen molar-refractivity contribution < 1.29 is 9.72 Å². The maximum absolute atomic E-state index is 13.1. The van der Waals surface area contributed by atoms with Crippen molar-refractivity contribution in [1.82, 2.24) is 19.7 Å². The van der Waals surface area contributed by atoms with Crippen molar-refractivity contribution >= 4 is 34.3 Å². The summed E-state index contributed by atoms with van der Waals surface area (Å²) in [4.78, 5) is 40.6. The van der Waals surface area contributed by atoms with E-state index in [-0.39, 0.29) is 28.3 Å². The van der Waals surface area contributed by atoms with Crippen molar-refractivity contribution in [3.63, 3.8) is 0 Å². The number of H-pyrrole nitrogens is 1. The number of Topliss-reactive ketones (excluding diaryl/α,β-unsaturated/α-hetero) is 1. The Morgan fingerprint density at radius 3 is 2.80 bits per heavy atom. The zero-order valence-electron chi connectivity index (χ0n) is 15.7. The van der Waals surface area contributed by atoms with Gasteiger partial charge in [-0.25, -0.2) is 4.98 Å². The average Bonchev–Trinajstić information content (AvgIpc) is 3.22. The second kappa shape index (κ2) is 7.91. The fraction of sp³-hybridized carbons (Fsp3) is 0.100. The lowest BCUT2D eigenvalue weighted by Gasteiger charge is -2.13. The minimum atomic E-state index is -0.548. The van der Waals surface area contributed by atoms with Gasteiger partial charge >= 0.3 is 0 Å². The third kappa shape index (κ3) is 3.60. The van der Waals surface area contributed by atoms with Gasteiger partial charge in [0.1, 0.15) is 5.39 Å². The molecule has 10 heteroatoms. The zero-order valence-corrected chi connectivity index (χ0v) is 16.5. The molecular weight excluding hydrogens is 406 g/mol. The van der Waals surface area contributed by atoms with Crippen molar-refractivity contribution in [1.29, 1.82) is 0 Å². The van der Waals surface area contributed by atoms with Gasteiger partial charge in [-0.1, -0.05) is 42.1 Å². The van der Waals surface area contributed by atoms with E-state index in [9.17, 15) is 19.7 Å².